The number of diazo groups is 1. The quantitative estimate of drug-likeness (QED) is 0.569. The first kappa shape index (κ1) is 17.6. The second-order valence-electron chi connectivity index (χ2n) is 5.58. The molecular weight excluding hydrogens is 280 g/mol. The van der Waals surface area contributed by atoms with Crippen LogP contribution in [0.15, 0.2) is 24.3 Å². The SMILES string of the molecule is CC(C)CCCNC(=O)CCC(=O)Nc1ccc([N+]#N)cc1. The molecule has 2 N–H and O–H groups in total. The van der Waals surface area contributed by atoms with Gasteiger partial charge in [0.05, 0.1) is 0 Å². The molecule has 6 nitrogen and oxygen atoms in total. The van der Waals surface area contributed by atoms with Gasteiger partial charge in [-0.25, -0.2) is 0 Å². The Morgan fingerprint density at radius 2 is 1.77 bits per heavy atom. The summed E-state index contributed by atoms with van der Waals surface area (Å²) in [5, 5.41) is 14.1. The molecule has 118 valence electrons. The van der Waals surface area contributed by atoms with Gasteiger partial charge in [0, 0.05) is 37.2 Å². The van der Waals surface area contributed by atoms with E-state index in [9.17, 15) is 9.59 Å². The van der Waals surface area contributed by atoms with E-state index in [1.54, 1.807) is 24.3 Å². The van der Waals surface area contributed by atoms with Crippen LogP contribution in [0.25, 0.3) is 4.98 Å². The van der Waals surface area contributed by atoms with Crippen molar-refractivity contribution in [3.8, 4) is 0 Å². The molecule has 2 amide bonds. The summed E-state index contributed by atoms with van der Waals surface area (Å²) in [6.07, 6.45) is 2.36. The standard InChI is InChI=1S/C16H22N4O2/c1-12(2)4-3-11-18-15(21)9-10-16(22)19-13-5-7-14(20-17)8-6-13/h5-8,12H,3-4,9-11H2,1-2H3,(H-,18,19,21,22)/p+1. The van der Waals surface area contributed by atoms with Crippen molar-refractivity contribution in [2.75, 3.05) is 11.9 Å². The number of nitrogens with one attached hydrogen (secondary N) is 2. The van der Waals surface area contributed by atoms with Gasteiger partial charge in [0.2, 0.25) is 17.2 Å². The van der Waals surface area contributed by atoms with Gasteiger partial charge in [-0.1, -0.05) is 13.8 Å². The van der Waals surface area contributed by atoms with E-state index >= 15 is 0 Å². The molecule has 6 heteroatoms. The maximum Gasteiger partial charge on any atom is 0.385 e. The largest absolute Gasteiger partial charge is 0.385 e. The van der Waals surface area contributed by atoms with E-state index in [1.165, 1.54) is 0 Å². The Morgan fingerprint density at radius 3 is 2.36 bits per heavy atom. The van der Waals surface area contributed by atoms with Crippen molar-refractivity contribution in [1.29, 1.82) is 5.39 Å². The molecule has 1 aromatic rings. The monoisotopic (exact) mass is 303 g/mol. The summed E-state index contributed by atoms with van der Waals surface area (Å²) in [5.74, 6) is 0.312. The molecule has 0 aliphatic rings. The molecule has 0 bridgehead atoms. The van der Waals surface area contributed by atoms with Crippen LogP contribution in [0.4, 0.5) is 11.4 Å². The summed E-state index contributed by atoms with van der Waals surface area (Å²) in [5.41, 5.74) is 1.02. The fourth-order valence-corrected chi connectivity index (χ4v) is 1.89. The van der Waals surface area contributed by atoms with Crippen LogP contribution in [0.3, 0.4) is 0 Å². The lowest BCUT2D eigenvalue weighted by Crippen LogP contribution is -2.26. The van der Waals surface area contributed by atoms with Gasteiger partial charge in [0.1, 0.15) is 0 Å². The fraction of sp³-hybridized carbons (Fsp3) is 0.500. The molecule has 0 atom stereocenters. The van der Waals surface area contributed by atoms with Gasteiger partial charge in [0.25, 0.3) is 0 Å². The highest BCUT2D eigenvalue weighted by atomic mass is 16.2. The topological polar surface area (TPSA) is 86.3 Å². The normalized spacial score (nSPS) is 10.1. The van der Waals surface area contributed by atoms with Crippen molar-refractivity contribution in [1.82, 2.24) is 5.32 Å². The maximum absolute atomic E-state index is 11.7. The number of nitrogens with zero attached hydrogens (tertiary/aromatic N) is 2. The lowest BCUT2D eigenvalue weighted by Gasteiger charge is -2.07. The minimum Gasteiger partial charge on any atom is -0.356 e. The zero-order chi connectivity index (χ0) is 16.4. The number of benzene rings is 1. The third-order valence-electron chi connectivity index (χ3n) is 3.13. The van der Waals surface area contributed by atoms with Crippen molar-refractivity contribution in [2.24, 2.45) is 5.92 Å². The number of amides is 2. The first-order valence-corrected chi connectivity index (χ1v) is 7.53. The lowest BCUT2D eigenvalue weighted by atomic mass is 10.1. The van der Waals surface area contributed by atoms with E-state index < -0.39 is 0 Å². The molecule has 0 aromatic heterocycles. The number of carbonyl (C=O) groups excluding carboxylic acids is 2. The van der Waals surface area contributed by atoms with Crippen LogP contribution in [0.2, 0.25) is 0 Å². The number of carbonyl (C=O) groups is 2. The van der Waals surface area contributed by atoms with Crippen LogP contribution >= 0.6 is 0 Å². The van der Waals surface area contributed by atoms with Crippen LogP contribution in [0, 0.1) is 11.3 Å². The molecule has 0 radical (unpaired) electrons. The molecule has 0 unspecified atom stereocenters. The number of hydrogen-bond donors (Lipinski definition) is 2. The molecule has 1 rings (SSSR count). The van der Waals surface area contributed by atoms with Gasteiger partial charge < -0.3 is 10.6 Å². The first-order valence-electron chi connectivity index (χ1n) is 7.53. The predicted octanol–water partition coefficient (Wildman–Crippen LogP) is 3.44. The van der Waals surface area contributed by atoms with Crippen molar-refractivity contribution in [3.05, 3.63) is 29.2 Å². The Bertz CT molecular complexity index is 532. The van der Waals surface area contributed by atoms with E-state index in [1.807, 2.05) is 0 Å². The Hall–Kier alpha value is -2.42. The molecule has 0 saturated carbocycles. The van der Waals surface area contributed by atoms with Crippen LogP contribution in [-0.2, 0) is 9.59 Å². The zero-order valence-electron chi connectivity index (χ0n) is 13.1. The lowest BCUT2D eigenvalue weighted by molar-refractivity contribution is -0.124. The van der Waals surface area contributed by atoms with Gasteiger partial charge >= 0.3 is 5.69 Å². The van der Waals surface area contributed by atoms with E-state index in [2.05, 4.69) is 29.5 Å². The van der Waals surface area contributed by atoms with E-state index in [0.29, 0.717) is 23.8 Å². The van der Waals surface area contributed by atoms with E-state index in [4.69, 9.17) is 5.39 Å². The highest BCUT2D eigenvalue weighted by Gasteiger charge is 2.08. The molecule has 1 aromatic carbocycles. The summed E-state index contributed by atoms with van der Waals surface area (Å²) in [6.45, 7) is 4.95. The third kappa shape index (κ3) is 7.39. The smallest absolute Gasteiger partial charge is 0.356 e. The van der Waals surface area contributed by atoms with Crippen molar-refractivity contribution in [2.45, 2.75) is 39.5 Å². The Balaban J connectivity index is 2.22. The highest BCUT2D eigenvalue weighted by molar-refractivity contribution is 5.93. The second kappa shape index (κ2) is 9.50. The maximum atomic E-state index is 11.7. The minimum absolute atomic E-state index is 0.103. The van der Waals surface area contributed by atoms with Gasteiger partial charge in [-0.2, -0.15) is 0 Å². The third-order valence-corrected chi connectivity index (χ3v) is 3.13. The Morgan fingerprint density at radius 1 is 1.14 bits per heavy atom. The second-order valence-corrected chi connectivity index (χ2v) is 5.58. The molecular formula is C16H23N4O2+. The summed E-state index contributed by atoms with van der Waals surface area (Å²) in [4.78, 5) is 26.4. The molecule has 0 spiro atoms. The highest BCUT2D eigenvalue weighted by Crippen LogP contribution is 2.16. The molecule has 22 heavy (non-hydrogen) atoms. The molecule has 0 heterocycles. The van der Waals surface area contributed by atoms with Crippen LogP contribution < -0.4 is 10.6 Å². The molecule has 0 fully saturated rings. The number of anilines is 1. The van der Waals surface area contributed by atoms with Crippen molar-refractivity contribution < 1.29 is 9.59 Å². The van der Waals surface area contributed by atoms with Crippen LogP contribution in [0.5, 0.6) is 0 Å². The van der Waals surface area contributed by atoms with Gasteiger partial charge in [-0.3, -0.25) is 9.59 Å². The van der Waals surface area contributed by atoms with Gasteiger partial charge in [0.15, 0.2) is 4.98 Å². The minimum atomic E-state index is -0.217. The number of hydrogen-bond acceptors (Lipinski definition) is 3. The van der Waals surface area contributed by atoms with Crippen molar-refractivity contribution in [3.63, 3.8) is 0 Å². The molecule has 0 saturated heterocycles. The van der Waals surface area contributed by atoms with Gasteiger partial charge in [-0.05, 0) is 30.9 Å². The number of rotatable bonds is 8. The molecule has 0 aliphatic heterocycles. The summed E-state index contributed by atoms with van der Waals surface area (Å²) >= 11 is 0. The van der Waals surface area contributed by atoms with E-state index in [-0.39, 0.29) is 24.7 Å². The fourth-order valence-electron chi connectivity index (χ4n) is 1.89. The zero-order valence-corrected chi connectivity index (χ0v) is 13.1. The predicted molar refractivity (Wildman–Crippen MR) is 86.1 cm³/mol. The Kier molecular flexibility index (Phi) is 7.62. The Labute approximate surface area is 130 Å². The van der Waals surface area contributed by atoms with E-state index in [0.717, 1.165) is 12.8 Å². The molecule has 0 aliphatic carbocycles. The van der Waals surface area contributed by atoms with Gasteiger partial charge in [-0.15, -0.1) is 0 Å². The average Bonchev–Trinajstić information content (AvgIpc) is 2.50. The first-order chi connectivity index (χ1) is 10.5. The van der Waals surface area contributed by atoms with Crippen LogP contribution in [-0.4, -0.2) is 18.4 Å². The van der Waals surface area contributed by atoms with Crippen molar-refractivity contribution >= 4 is 23.2 Å². The average molecular weight is 303 g/mol. The van der Waals surface area contributed by atoms with Crippen LogP contribution in [0.1, 0.15) is 39.5 Å². The summed E-state index contributed by atoms with van der Waals surface area (Å²) < 4.78 is 0. The summed E-state index contributed by atoms with van der Waals surface area (Å²) in [6, 6.07) is 6.44. The summed E-state index contributed by atoms with van der Waals surface area (Å²) in [7, 11) is 0.